The molecular weight excluding hydrogens is 246 g/mol. The summed E-state index contributed by atoms with van der Waals surface area (Å²) in [7, 11) is 0. The van der Waals surface area contributed by atoms with Gasteiger partial charge in [-0.2, -0.15) is 0 Å². The number of nitrogens with zero attached hydrogens (tertiary/aromatic N) is 1. The Bertz CT molecular complexity index is 555. The average molecular weight is 269 g/mol. The van der Waals surface area contributed by atoms with Gasteiger partial charge in [0, 0.05) is 12.0 Å². The summed E-state index contributed by atoms with van der Waals surface area (Å²) in [5, 5.41) is 0. The molecule has 2 aliphatic rings. The van der Waals surface area contributed by atoms with Gasteiger partial charge in [0.2, 0.25) is 0 Å². The highest BCUT2D eigenvalue weighted by Gasteiger charge is 2.27. The van der Waals surface area contributed by atoms with Crippen molar-refractivity contribution in [3.8, 4) is 5.75 Å². The second kappa shape index (κ2) is 5.45. The minimum absolute atomic E-state index is 0.377. The number of ether oxygens (including phenoxy) is 1. The van der Waals surface area contributed by atoms with E-state index in [9.17, 15) is 0 Å². The Morgan fingerprint density at radius 3 is 2.75 bits per heavy atom. The van der Waals surface area contributed by atoms with Gasteiger partial charge in [-0.05, 0) is 49.7 Å². The van der Waals surface area contributed by atoms with Crippen molar-refractivity contribution >= 4 is 0 Å². The molecule has 2 heteroatoms. The van der Waals surface area contributed by atoms with Gasteiger partial charge in [-0.25, -0.2) is 0 Å². The minimum atomic E-state index is 0.377. The number of hydrogen-bond donors (Lipinski definition) is 0. The zero-order valence-corrected chi connectivity index (χ0v) is 12.6. The van der Waals surface area contributed by atoms with Crippen molar-refractivity contribution in [1.82, 2.24) is 4.90 Å². The van der Waals surface area contributed by atoms with E-state index >= 15 is 0 Å². The lowest BCUT2D eigenvalue weighted by atomic mass is 9.88. The van der Waals surface area contributed by atoms with Crippen LogP contribution >= 0.6 is 0 Å². The van der Waals surface area contributed by atoms with Crippen molar-refractivity contribution < 1.29 is 4.74 Å². The molecule has 3 rings (SSSR count). The van der Waals surface area contributed by atoms with Crippen LogP contribution in [0.4, 0.5) is 0 Å². The first-order valence-electron chi connectivity index (χ1n) is 7.62. The van der Waals surface area contributed by atoms with Gasteiger partial charge < -0.3 is 4.74 Å². The molecule has 2 unspecified atom stereocenters. The Kier molecular flexibility index (Phi) is 3.66. The van der Waals surface area contributed by atoms with E-state index in [1.807, 2.05) is 0 Å². The van der Waals surface area contributed by atoms with Crippen LogP contribution in [-0.2, 0) is 6.42 Å². The fourth-order valence-corrected chi connectivity index (χ4v) is 3.13. The fraction of sp³-hybridized carbons (Fsp3) is 0.444. The Morgan fingerprint density at radius 2 is 2.00 bits per heavy atom. The van der Waals surface area contributed by atoms with Gasteiger partial charge in [-0.15, -0.1) is 0 Å². The second-order valence-electron chi connectivity index (χ2n) is 5.69. The maximum absolute atomic E-state index is 6.17. The van der Waals surface area contributed by atoms with Crippen molar-refractivity contribution in [2.45, 2.75) is 33.2 Å². The highest BCUT2D eigenvalue weighted by atomic mass is 16.5. The molecule has 0 N–H and O–H groups in total. The summed E-state index contributed by atoms with van der Waals surface area (Å²) in [6.45, 7) is 8.67. The summed E-state index contributed by atoms with van der Waals surface area (Å²) in [5.74, 6) is 2.58. The van der Waals surface area contributed by atoms with E-state index in [1.165, 1.54) is 11.1 Å². The monoisotopic (exact) mass is 269 g/mol. The van der Waals surface area contributed by atoms with E-state index in [-0.39, 0.29) is 0 Å². The molecule has 1 aromatic carbocycles. The molecule has 0 saturated heterocycles. The van der Waals surface area contributed by atoms with Gasteiger partial charge in [0.25, 0.3) is 0 Å². The molecular formula is C18H23NO. The normalized spacial score (nSPS) is 23.9. The third kappa shape index (κ3) is 2.40. The largest absolute Gasteiger partial charge is 0.461 e. The molecule has 0 spiro atoms. The van der Waals surface area contributed by atoms with Crippen LogP contribution in [0.15, 0.2) is 42.2 Å². The molecule has 0 radical (unpaired) electrons. The highest BCUT2D eigenvalue weighted by Crippen LogP contribution is 2.36. The molecule has 0 amide bonds. The summed E-state index contributed by atoms with van der Waals surface area (Å²) < 4.78 is 6.17. The lowest BCUT2D eigenvalue weighted by molar-refractivity contribution is 0.266. The van der Waals surface area contributed by atoms with Crippen LogP contribution < -0.4 is 4.74 Å². The molecule has 0 fully saturated rings. The number of hydrogen-bond acceptors (Lipinski definition) is 2. The van der Waals surface area contributed by atoms with E-state index in [2.05, 4.69) is 62.1 Å². The van der Waals surface area contributed by atoms with Gasteiger partial charge in [-0.3, -0.25) is 4.90 Å². The summed E-state index contributed by atoms with van der Waals surface area (Å²) in [6.07, 6.45) is 8.00. The summed E-state index contributed by atoms with van der Waals surface area (Å²) in [6, 6.07) is 6.90. The third-order valence-electron chi connectivity index (χ3n) is 4.37. The van der Waals surface area contributed by atoms with E-state index in [4.69, 9.17) is 4.74 Å². The fourth-order valence-electron chi connectivity index (χ4n) is 3.13. The van der Waals surface area contributed by atoms with E-state index < -0.39 is 0 Å². The van der Waals surface area contributed by atoms with Crippen LogP contribution in [-0.4, -0.2) is 24.0 Å². The predicted octanol–water partition coefficient (Wildman–Crippen LogP) is 3.71. The molecule has 1 heterocycles. The van der Waals surface area contributed by atoms with Crippen molar-refractivity contribution in [2.75, 3.05) is 13.1 Å². The third-order valence-corrected chi connectivity index (χ3v) is 4.37. The Labute approximate surface area is 121 Å². The quantitative estimate of drug-likeness (QED) is 0.776. The van der Waals surface area contributed by atoms with Gasteiger partial charge in [0.05, 0.1) is 0 Å². The van der Waals surface area contributed by atoms with E-state index in [0.717, 1.165) is 31.0 Å². The molecule has 20 heavy (non-hydrogen) atoms. The smallest absolute Gasteiger partial charge is 0.130 e. The van der Waals surface area contributed by atoms with Crippen molar-refractivity contribution in [3.63, 3.8) is 0 Å². The number of allylic oxidation sites excluding steroid dienone is 1. The number of benzene rings is 1. The van der Waals surface area contributed by atoms with Crippen molar-refractivity contribution in [2.24, 2.45) is 5.92 Å². The Morgan fingerprint density at radius 1 is 1.20 bits per heavy atom. The lowest BCUT2D eigenvalue weighted by Gasteiger charge is -2.33. The topological polar surface area (TPSA) is 12.5 Å². The van der Waals surface area contributed by atoms with Gasteiger partial charge in [0.1, 0.15) is 11.5 Å². The molecule has 2 nitrogen and oxygen atoms in total. The summed E-state index contributed by atoms with van der Waals surface area (Å²) in [4.78, 5) is 2.44. The maximum atomic E-state index is 6.17. The van der Waals surface area contributed by atoms with Crippen LogP contribution in [0.3, 0.4) is 0 Å². The maximum Gasteiger partial charge on any atom is 0.130 e. The van der Waals surface area contributed by atoms with Gasteiger partial charge >= 0.3 is 0 Å². The van der Waals surface area contributed by atoms with Crippen molar-refractivity contribution in [3.05, 3.63) is 53.3 Å². The minimum Gasteiger partial charge on any atom is -0.461 e. The SMILES string of the molecule is CCN(CC)C1C=CC2Cc3ccc(C)cc3OC2=C1. The number of likely N-dealkylation sites (N-methyl/N-ethyl adjacent to an activating group) is 1. The molecule has 0 bridgehead atoms. The standard InChI is InChI=1S/C18H23NO/c1-4-19(5-2)16-9-8-15-11-14-7-6-13(3)10-17(14)20-18(15)12-16/h6-10,12,15-16H,4-5,11H2,1-3H3. The van der Waals surface area contributed by atoms with Crippen LogP contribution in [0, 0.1) is 12.8 Å². The molecule has 1 aliphatic heterocycles. The van der Waals surface area contributed by atoms with Crippen LogP contribution in [0.5, 0.6) is 5.75 Å². The first kappa shape index (κ1) is 13.4. The highest BCUT2D eigenvalue weighted by molar-refractivity contribution is 5.43. The van der Waals surface area contributed by atoms with Crippen LogP contribution in [0.2, 0.25) is 0 Å². The summed E-state index contributed by atoms with van der Waals surface area (Å²) >= 11 is 0. The first-order chi connectivity index (χ1) is 9.71. The molecule has 0 saturated carbocycles. The number of aryl methyl sites for hydroxylation is 1. The Hall–Kier alpha value is -1.54. The van der Waals surface area contributed by atoms with Crippen LogP contribution in [0.25, 0.3) is 0 Å². The molecule has 1 aromatic rings. The molecule has 1 aliphatic carbocycles. The predicted molar refractivity (Wildman–Crippen MR) is 82.9 cm³/mol. The van der Waals surface area contributed by atoms with Crippen LogP contribution in [0.1, 0.15) is 25.0 Å². The Balaban J connectivity index is 1.88. The zero-order valence-electron chi connectivity index (χ0n) is 12.6. The van der Waals surface area contributed by atoms with E-state index in [1.54, 1.807) is 0 Å². The van der Waals surface area contributed by atoms with Gasteiger partial charge in [-0.1, -0.05) is 38.1 Å². The zero-order chi connectivity index (χ0) is 14.1. The summed E-state index contributed by atoms with van der Waals surface area (Å²) in [5.41, 5.74) is 2.58. The van der Waals surface area contributed by atoms with Gasteiger partial charge in [0.15, 0.2) is 0 Å². The van der Waals surface area contributed by atoms with E-state index in [0.29, 0.717) is 12.0 Å². The average Bonchev–Trinajstić information content (AvgIpc) is 2.46. The molecule has 2 atom stereocenters. The molecule has 0 aromatic heterocycles. The lowest BCUT2D eigenvalue weighted by Crippen LogP contribution is -2.35. The second-order valence-corrected chi connectivity index (χ2v) is 5.69. The number of fused-ring (bicyclic) bond motifs is 2. The number of rotatable bonds is 3. The van der Waals surface area contributed by atoms with Crippen molar-refractivity contribution in [1.29, 1.82) is 0 Å². The first-order valence-corrected chi connectivity index (χ1v) is 7.62. The molecule has 106 valence electrons.